The second-order valence-electron chi connectivity index (χ2n) is 15.4. The summed E-state index contributed by atoms with van der Waals surface area (Å²) in [6.45, 7) is 3.11. The minimum atomic E-state index is 0.837. The van der Waals surface area contributed by atoms with Gasteiger partial charge >= 0.3 is 0 Å². The average molecular weight is 767 g/mol. The van der Waals surface area contributed by atoms with Crippen molar-refractivity contribution in [1.82, 2.24) is 9.13 Å². The number of benzene rings is 9. The highest BCUT2D eigenvalue weighted by atomic mass is 15.1. The van der Waals surface area contributed by atoms with Gasteiger partial charge in [-0.1, -0.05) is 212 Å². The molecule has 0 saturated carbocycles. The molecule has 0 fully saturated rings. The molecule has 0 atom stereocenters. The smallest absolute Gasteiger partial charge is 0.0736 e. The third kappa shape index (κ3) is 5.64. The maximum Gasteiger partial charge on any atom is 0.0736 e. The summed E-state index contributed by atoms with van der Waals surface area (Å²) in [5, 5.41) is 4.96. The topological polar surface area (TPSA) is 9.86 Å². The maximum atomic E-state index is 2.62. The first-order valence-electron chi connectivity index (χ1n) is 20.9. The lowest BCUT2D eigenvalue weighted by Crippen LogP contribution is -2.04. The summed E-state index contributed by atoms with van der Waals surface area (Å²) in [6.07, 6.45) is 0. The number of hydrogen-bond donors (Lipinski definition) is 0. The zero-order valence-corrected chi connectivity index (χ0v) is 33.5. The van der Waals surface area contributed by atoms with Crippen molar-refractivity contribution in [2.75, 3.05) is 0 Å². The van der Waals surface area contributed by atoms with Crippen LogP contribution in [0.2, 0.25) is 0 Å². The van der Waals surface area contributed by atoms with E-state index in [1.54, 1.807) is 0 Å². The maximum absolute atomic E-state index is 2.62. The van der Waals surface area contributed by atoms with Crippen molar-refractivity contribution in [2.45, 2.75) is 13.5 Å². The molecule has 0 unspecified atom stereocenters. The van der Waals surface area contributed by atoms with E-state index in [4.69, 9.17) is 0 Å². The van der Waals surface area contributed by atoms with E-state index in [-0.39, 0.29) is 0 Å². The minimum Gasteiger partial charge on any atom is -0.339 e. The molecule has 2 nitrogen and oxygen atoms in total. The van der Waals surface area contributed by atoms with Crippen LogP contribution in [0.3, 0.4) is 0 Å². The first kappa shape index (κ1) is 35.5. The third-order valence-electron chi connectivity index (χ3n) is 12.1. The lowest BCUT2D eigenvalue weighted by molar-refractivity contribution is 0.823. The fourth-order valence-corrected chi connectivity index (χ4v) is 9.71. The molecule has 2 aromatic heterocycles. The highest BCUT2D eigenvalue weighted by Gasteiger charge is 2.33. The molecule has 2 heterocycles. The summed E-state index contributed by atoms with van der Waals surface area (Å²) < 4.78 is 5.13. The van der Waals surface area contributed by atoms with E-state index in [0.717, 1.165) is 34.7 Å². The molecule has 0 spiro atoms. The van der Waals surface area contributed by atoms with Gasteiger partial charge in [0.05, 0.1) is 22.6 Å². The Hall–Kier alpha value is -7.68. The molecule has 9 aromatic carbocycles. The van der Waals surface area contributed by atoms with Crippen molar-refractivity contribution in [2.24, 2.45) is 0 Å². The number of fused-ring (bicyclic) bond motifs is 4. The number of aryl methyl sites for hydroxylation is 1. The fourth-order valence-electron chi connectivity index (χ4n) is 9.71. The van der Waals surface area contributed by atoms with Gasteiger partial charge < -0.3 is 9.13 Å². The molecule has 11 aromatic rings. The minimum absolute atomic E-state index is 0.837. The SMILES string of the molecule is CCn1c2ccccc2c2cccc(-n3c(-c4ccccc4)c4c(-c5ccccc5)c(-c5ccccc5)c(-c5ccccc5)c(-c5ccccc5)c4c3-c3ccccc3)c21. The average Bonchev–Trinajstić information content (AvgIpc) is 3.86. The lowest BCUT2D eigenvalue weighted by Gasteiger charge is -2.24. The van der Waals surface area contributed by atoms with Crippen LogP contribution in [-0.4, -0.2) is 9.13 Å². The summed E-state index contributed by atoms with van der Waals surface area (Å²) in [4.78, 5) is 0. The van der Waals surface area contributed by atoms with Crippen LogP contribution in [0, 0.1) is 0 Å². The van der Waals surface area contributed by atoms with E-state index in [2.05, 4.69) is 241 Å². The molecule has 0 radical (unpaired) electrons. The highest BCUT2D eigenvalue weighted by molar-refractivity contribution is 6.26. The molecular weight excluding hydrogens is 725 g/mol. The Balaban J connectivity index is 1.51. The monoisotopic (exact) mass is 766 g/mol. The van der Waals surface area contributed by atoms with Gasteiger partial charge in [0.25, 0.3) is 0 Å². The number of para-hydroxylation sites is 2. The Kier molecular flexibility index (Phi) is 8.82. The molecule has 0 aliphatic carbocycles. The van der Waals surface area contributed by atoms with Crippen molar-refractivity contribution in [3.8, 4) is 72.7 Å². The van der Waals surface area contributed by atoms with Crippen molar-refractivity contribution in [3.05, 3.63) is 224 Å². The van der Waals surface area contributed by atoms with Gasteiger partial charge in [-0.25, -0.2) is 0 Å². The standard InChI is InChI=1S/C58H42N2/c1-2-59-48-38-22-21-36-46(48)47-37-23-39-49(58(47)59)60-56(44-32-17-7-18-33-44)54-52(42-28-13-5-14-29-42)50(40-24-9-3-10-25-40)51(41-26-11-4-12-27-41)53(43-30-15-6-16-31-43)55(54)57(60)45-34-19-8-20-35-45/h3-39H,2H2,1H3. The molecule has 0 N–H and O–H groups in total. The Bertz CT molecular complexity index is 3130. The predicted octanol–water partition coefficient (Wildman–Crippen LogP) is 15.8. The number of hydrogen-bond acceptors (Lipinski definition) is 0. The molecule has 284 valence electrons. The van der Waals surface area contributed by atoms with Gasteiger partial charge in [-0.3, -0.25) is 0 Å². The van der Waals surface area contributed by atoms with Gasteiger partial charge in [0.15, 0.2) is 0 Å². The zero-order valence-electron chi connectivity index (χ0n) is 33.5. The summed E-state index contributed by atoms with van der Waals surface area (Å²) in [7, 11) is 0. The van der Waals surface area contributed by atoms with Crippen LogP contribution < -0.4 is 0 Å². The van der Waals surface area contributed by atoms with Crippen molar-refractivity contribution in [3.63, 3.8) is 0 Å². The van der Waals surface area contributed by atoms with Crippen molar-refractivity contribution in [1.29, 1.82) is 0 Å². The van der Waals surface area contributed by atoms with Crippen LogP contribution in [0.15, 0.2) is 224 Å². The van der Waals surface area contributed by atoms with E-state index in [9.17, 15) is 0 Å². The van der Waals surface area contributed by atoms with Crippen LogP contribution in [0.1, 0.15) is 6.92 Å². The van der Waals surface area contributed by atoms with E-state index in [0.29, 0.717) is 0 Å². The van der Waals surface area contributed by atoms with Gasteiger partial charge in [-0.05, 0) is 63.6 Å². The van der Waals surface area contributed by atoms with E-state index < -0.39 is 0 Å². The molecular formula is C58H42N2. The number of aromatic nitrogens is 2. The molecule has 0 bridgehead atoms. The van der Waals surface area contributed by atoms with Gasteiger partial charge in [0.2, 0.25) is 0 Å². The normalized spacial score (nSPS) is 11.5. The Morgan fingerprint density at radius 3 is 1.08 bits per heavy atom. The van der Waals surface area contributed by atoms with E-state index in [1.807, 2.05) is 0 Å². The van der Waals surface area contributed by atoms with Crippen LogP contribution in [-0.2, 0) is 6.54 Å². The van der Waals surface area contributed by atoms with Gasteiger partial charge in [0, 0.05) is 44.7 Å². The van der Waals surface area contributed by atoms with Crippen LogP contribution in [0.5, 0.6) is 0 Å². The summed E-state index contributed by atoms with van der Waals surface area (Å²) >= 11 is 0. The second-order valence-corrected chi connectivity index (χ2v) is 15.4. The largest absolute Gasteiger partial charge is 0.339 e. The van der Waals surface area contributed by atoms with Crippen molar-refractivity contribution >= 4 is 32.6 Å². The first-order chi connectivity index (χ1) is 29.8. The number of nitrogens with zero attached hydrogens (tertiary/aromatic N) is 2. The van der Waals surface area contributed by atoms with E-state index in [1.165, 1.54) is 77.1 Å². The zero-order chi connectivity index (χ0) is 40.0. The third-order valence-corrected chi connectivity index (χ3v) is 12.1. The first-order valence-corrected chi connectivity index (χ1v) is 20.9. The van der Waals surface area contributed by atoms with E-state index >= 15 is 0 Å². The molecule has 0 saturated heterocycles. The second kappa shape index (κ2) is 14.9. The lowest BCUT2D eigenvalue weighted by atomic mass is 9.78. The molecule has 2 heteroatoms. The quantitative estimate of drug-likeness (QED) is 0.146. The fraction of sp³-hybridized carbons (Fsp3) is 0.0345. The molecule has 0 amide bonds. The van der Waals surface area contributed by atoms with Crippen molar-refractivity contribution < 1.29 is 0 Å². The van der Waals surface area contributed by atoms with Gasteiger partial charge in [-0.2, -0.15) is 0 Å². The van der Waals surface area contributed by atoms with Crippen LogP contribution in [0.4, 0.5) is 0 Å². The molecule has 0 aliphatic heterocycles. The summed E-state index contributed by atoms with van der Waals surface area (Å²) in [5.41, 5.74) is 17.8. The summed E-state index contributed by atoms with van der Waals surface area (Å²) in [5.74, 6) is 0. The Labute approximate surface area is 350 Å². The Morgan fingerprint density at radius 2 is 0.667 bits per heavy atom. The molecule has 11 rings (SSSR count). The van der Waals surface area contributed by atoms with Crippen LogP contribution >= 0.6 is 0 Å². The number of rotatable bonds is 8. The molecule has 0 aliphatic rings. The summed E-state index contributed by atoms with van der Waals surface area (Å²) in [6, 6.07) is 82.1. The van der Waals surface area contributed by atoms with Crippen LogP contribution in [0.25, 0.3) is 105 Å². The Morgan fingerprint density at radius 1 is 0.317 bits per heavy atom. The van der Waals surface area contributed by atoms with Gasteiger partial charge in [0.1, 0.15) is 0 Å². The highest BCUT2D eigenvalue weighted by Crippen LogP contribution is 2.57. The predicted molar refractivity (Wildman–Crippen MR) is 255 cm³/mol. The van der Waals surface area contributed by atoms with Gasteiger partial charge in [-0.15, -0.1) is 0 Å². The molecule has 60 heavy (non-hydrogen) atoms.